The van der Waals surface area contributed by atoms with Crippen molar-refractivity contribution in [3.63, 3.8) is 0 Å². The first-order chi connectivity index (χ1) is 9.58. The number of carbonyl (C=O) groups excluding carboxylic acids is 1. The number of amides is 1. The second-order valence-corrected chi connectivity index (χ2v) is 5.25. The zero-order valence-corrected chi connectivity index (χ0v) is 12.4. The first-order valence-corrected chi connectivity index (χ1v) is 6.32. The summed E-state index contributed by atoms with van der Waals surface area (Å²) in [6.45, 7) is 7.55. The Morgan fingerprint density at radius 3 is 2.19 bits per heavy atom. The summed E-state index contributed by atoms with van der Waals surface area (Å²) < 4.78 is 10.5. The monoisotopic (exact) mass is 306 g/mol. The van der Waals surface area contributed by atoms with Crippen LogP contribution in [0.15, 0.2) is 0 Å². The number of ether oxygens (including phenoxy) is 2. The Morgan fingerprint density at radius 2 is 1.81 bits per heavy atom. The van der Waals surface area contributed by atoms with Crippen molar-refractivity contribution in [3.8, 4) is 0 Å². The number of carbonyl (C=O) groups is 3. The third kappa shape index (κ3) is 8.10. The average molecular weight is 306 g/mol. The van der Waals surface area contributed by atoms with Crippen molar-refractivity contribution in [2.24, 2.45) is 5.73 Å². The number of hydrogen-bond donors (Lipinski definition) is 3. The summed E-state index contributed by atoms with van der Waals surface area (Å²) in [5, 5.41) is 14.8. The van der Waals surface area contributed by atoms with Crippen LogP contribution in [0, 0.1) is 0 Å². The van der Waals surface area contributed by atoms with E-state index in [0.717, 1.165) is 0 Å². The van der Waals surface area contributed by atoms with E-state index in [1.165, 1.54) is 0 Å². The standard InChI is InChI=1S/C10H20N2O3.C2H2O4/c1-10(2,3)15-9(13)12-4-5-14-7-8(12)6-11;3-1(4)2(5)6/h8H,4-7,11H2,1-3H3;(H,3,4)(H,5,6). The van der Waals surface area contributed by atoms with Gasteiger partial charge in [-0.1, -0.05) is 0 Å². The normalized spacial score (nSPS) is 18.3. The van der Waals surface area contributed by atoms with Crippen molar-refractivity contribution < 1.29 is 34.1 Å². The summed E-state index contributed by atoms with van der Waals surface area (Å²) >= 11 is 0. The maximum atomic E-state index is 11.8. The van der Waals surface area contributed by atoms with Crippen molar-refractivity contribution in [2.45, 2.75) is 32.4 Å². The van der Waals surface area contributed by atoms with Gasteiger partial charge >= 0.3 is 18.0 Å². The lowest BCUT2D eigenvalue weighted by Crippen LogP contribution is -2.53. The van der Waals surface area contributed by atoms with Crippen LogP contribution in [0.5, 0.6) is 0 Å². The lowest BCUT2D eigenvalue weighted by molar-refractivity contribution is -0.159. The van der Waals surface area contributed by atoms with E-state index in [1.54, 1.807) is 4.90 Å². The Morgan fingerprint density at radius 1 is 1.29 bits per heavy atom. The summed E-state index contributed by atoms with van der Waals surface area (Å²) in [5.41, 5.74) is 5.10. The van der Waals surface area contributed by atoms with E-state index in [9.17, 15) is 4.79 Å². The van der Waals surface area contributed by atoms with Crippen LogP contribution in [0.2, 0.25) is 0 Å². The molecule has 0 aromatic rings. The fourth-order valence-electron chi connectivity index (χ4n) is 1.41. The molecule has 9 nitrogen and oxygen atoms in total. The van der Waals surface area contributed by atoms with Gasteiger partial charge in [0.2, 0.25) is 0 Å². The number of carboxylic acids is 2. The molecule has 1 rings (SSSR count). The maximum absolute atomic E-state index is 11.8. The molecule has 1 atom stereocenters. The molecule has 1 fully saturated rings. The van der Waals surface area contributed by atoms with Gasteiger partial charge in [-0.05, 0) is 20.8 Å². The predicted octanol–water partition coefficient (Wildman–Crippen LogP) is -0.263. The molecular weight excluding hydrogens is 284 g/mol. The van der Waals surface area contributed by atoms with E-state index in [4.69, 9.17) is 35.0 Å². The predicted molar refractivity (Wildman–Crippen MR) is 71.9 cm³/mol. The van der Waals surface area contributed by atoms with Crippen LogP contribution < -0.4 is 5.73 Å². The van der Waals surface area contributed by atoms with Crippen LogP contribution in [-0.4, -0.2) is 71.1 Å². The van der Waals surface area contributed by atoms with Crippen LogP contribution in [-0.2, 0) is 19.1 Å². The van der Waals surface area contributed by atoms with Gasteiger partial charge in [0.1, 0.15) is 5.60 Å². The molecule has 0 saturated carbocycles. The SMILES string of the molecule is CC(C)(C)OC(=O)N1CCOCC1CN.O=C(O)C(=O)O. The molecule has 9 heteroatoms. The number of carboxylic acid groups (broad SMARTS) is 2. The number of morpholine rings is 1. The topological polar surface area (TPSA) is 139 Å². The smallest absolute Gasteiger partial charge is 0.414 e. The van der Waals surface area contributed by atoms with Crippen LogP contribution in [0.4, 0.5) is 4.79 Å². The van der Waals surface area contributed by atoms with Crippen LogP contribution >= 0.6 is 0 Å². The third-order valence-electron chi connectivity index (χ3n) is 2.31. The van der Waals surface area contributed by atoms with Crippen molar-refractivity contribution in [3.05, 3.63) is 0 Å². The summed E-state index contributed by atoms with van der Waals surface area (Å²) in [5.74, 6) is -3.65. The molecule has 1 saturated heterocycles. The number of nitrogens with two attached hydrogens (primary N) is 1. The van der Waals surface area contributed by atoms with E-state index < -0.39 is 17.5 Å². The van der Waals surface area contributed by atoms with Crippen molar-refractivity contribution in [2.75, 3.05) is 26.3 Å². The van der Waals surface area contributed by atoms with Crippen LogP contribution in [0.25, 0.3) is 0 Å². The summed E-state index contributed by atoms with van der Waals surface area (Å²) in [6, 6.07) is -0.0615. The third-order valence-corrected chi connectivity index (χ3v) is 2.31. The lowest BCUT2D eigenvalue weighted by Gasteiger charge is -2.35. The number of hydrogen-bond acceptors (Lipinski definition) is 6. The van der Waals surface area contributed by atoms with Gasteiger partial charge in [0.05, 0.1) is 19.3 Å². The van der Waals surface area contributed by atoms with Crippen molar-refractivity contribution >= 4 is 18.0 Å². The molecular formula is C12H22N2O7. The van der Waals surface area contributed by atoms with E-state index in [2.05, 4.69) is 0 Å². The van der Waals surface area contributed by atoms with Crippen LogP contribution in [0.1, 0.15) is 20.8 Å². The fraction of sp³-hybridized carbons (Fsp3) is 0.750. The van der Waals surface area contributed by atoms with Gasteiger partial charge in [0.25, 0.3) is 0 Å². The molecule has 1 unspecified atom stereocenters. The van der Waals surface area contributed by atoms with Gasteiger partial charge in [-0.2, -0.15) is 0 Å². The largest absolute Gasteiger partial charge is 0.473 e. The molecule has 1 aliphatic rings. The molecule has 1 aliphatic heterocycles. The minimum absolute atomic E-state index is 0.0615. The van der Waals surface area contributed by atoms with Crippen molar-refractivity contribution in [1.29, 1.82) is 0 Å². The highest BCUT2D eigenvalue weighted by atomic mass is 16.6. The molecule has 4 N–H and O–H groups in total. The average Bonchev–Trinajstić information content (AvgIpc) is 2.37. The van der Waals surface area contributed by atoms with E-state index in [-0.39, 0.29) is 12.1 Å². The molecule has 21 heavy (non-hydrogen) atoms. The van der Waals surface area contributed by atoms with Gasteiger partial charge < -0.3 is 25.4 Å². The highest BCUT2D eigenvalue weighted by molar-refractivity contribution is 6.27. The summed E-state index contributed by atoms with van der Waals surface area (Å²) in [7, 11) is 0. The van der Waals surface area contributed by atoms with Gasteiger partial charge in [0, 0.05) is 13.1 Å². The Labute approximate surface area is 122 Å². The Kier molecular flexibility index (Phi) is 7.67. The minimum atomic E-state index is -1.82. The minimum Gasteiger partial charge on any atom is -0.473 e. The van der Waals surface area contributed by atoms with Gasteiger partial charge in [-0.15, -0.1) is 0 Å². The zero-order valence-electron chi connectivity index (χ0n) is 12.4. The first-order valence-electron chi connectivity index (χ1n) is 6.32. The molecule has 0 aliphatic carbocycles. The molecule has 0 aromatic heterocycles. The number of rotatable bonds is 1. The molecule has 0 aromatic carbocycles. The van der Waals surface area contributed by atoms with Gasteiger partial charge in [-0.3, -0.25) is 4.90 Å². The molecule has 122 valence electrons. The quantitative estimate of drug-likeness (QED) is 0.563. The maximum Gasteiger partial charge on any atom is 0.414 e. The van der Waals surface area contributed by atoms with E-state index >= 15 is 0 Å². The first kappa shape index (κ1) is 19.1. The molecule has 0 radical (unpaired) electrons. The zero-order chi connectivity index (χ0) is 16.6. The molecule has 0 bridgehead atoms. The second-order valence-electron chi connectivity index (χ2n) is 5.25. The van der Waals surface area contributed by atoms with E-state index in [0.29, 0.717) is 26.3 Å². The number of aliphatic carboxylic acids is 2. The van der Waals surface area contributed by atoms with E-state index in [1.807, 2.05) is 20.8 Å². The Bertz CT molecular complexity index is 366. The molecule has 0 spiro atoms. The Hall–Kier alpha value is -1.87. The highest BCUT2D eigenvalue weighted by Gasteiger charge is 2.29. The van der Waals surface area contributed by atoms with Gasteiger partial charge in [0.15, 0.2) is 0 Å². The summed E-state index contributed by atoms with van der Waals surface area (Å²) in [6.07, 6.45) is -0.304. The molecule has 1 heterocycles. The number of nitrogens with zero attached hydrogens (tertiary/aromatic N) is 1. The summed E-state index contributed by atoms with van der Waals surface area (Å²) in [4.78, 5) is 31.6. The van der Waals surface area contributed by atoms with Gasteiger partial charge in [-0.25, -0.2) is 14.4 Å². The molecule has 1 amide bonds. The Balaban J connectivity index is 0.000000567. The second kappa shape index (κ2) is 8.42. The fourth-order valence-corrected chi connectivity index (χ4v) is 1.41. The lowest BCUT2D eigenvalue weighted by atomic mass is 10.2. The highest BCUT2D eigenvalue weighted by Crippen LogP contribution is 2.13. The van der Waals surface area contributed by atoms with Crippen molar-refractivity contribution in [1.82, 2.24) is 4.90 Å². The van der Waals surface area contributed by atoms with Crippen LogP contribution in [0.3, 0.4) is 0 Å².